The molecule has 26 heavy (non-hydrogen) atoms. The number of aromatic nitrogens is 1. The molecule has 8 heteroatoms. The molecule has 146 valence electrons. The molecule has 0 aromatic carbocycles. The van der Waals surface area contributed by atoms with E-state index in [0.29, 0.717) is 0 Å². The minimum atomic E-state index is 0.811. The second kappa shape index (κ2) is 10.7. The van der Waals surface area contributed by atoms with Gasteiger partial charge in [-0.1, -0.05) is 0 Å². The summed E-state index contributed by atoms with van der Waals surface area (Å²) < 4.78 is 5.38. The average molecular weight is 381 g/mol. The molecule has 3 heterocycles. The lowest BCUT2D eigenvalue weighted by Crippen LogP contribution is -2.40. The highest BCUT2D eigenvalue weighted by molar-refractivity contribution is 7.13. The van der Waals surface area contributed by atoms with E-state index in [4.69, 9.17) is 14.7 Å². The second-order valence-corrected chi connectivity index (χ2v) is 7.54. The number of nitrogens with zero attached hydrogens (tertiary/aromatic N) is 4. The van der Waals surface area contributed by atoms with Crippen LogP contribution in [0.15, 0.2) is 10.4 Å². The van der Waals surface area contributed by atoms with Crippen LogP contribution < -0.4 is 15.5 Å². The predicted molar refractivity (Wildman–Crippen MR) is 109 cm³/mol. The van der Waals surface area contributed by atoms with E-state index in [9.17, 15) is 0 Å². The zero-order chi connectivity index (χ0) is 18.0. The molecule has 0 saturated carbocycles. The molecule has 0 unspecified atom stereocenters. The number of hydrogen-bond donors (Lipinski definition) is 2. The molecule has 2 fully saturated rings. The van der Waals surface area contributed by atoms with Gasteiger partial charge >= 0.3 is 0 Å². The van der Waals surface area contributed by atoms with Crippen LogP contribution in [0, 0.1) is 0 Å². The molecule has 0 radical (unpaired) electrons. The van der Waals surface area contributed by atoms with Crippen LogP contribution in [-0.4, -0.2) is 81.4 Å². The van der Waals surface area contributed by atoms with Crippen LogP contribution in [0.5, 0.6) is 0 Å². The summed E-state index contributed by atoms with van der Waals surface area (Å²) in [5.74, 6) is 0.899. The van der Waals surface area contributed by atoms with Crippen molar-refractivity contribution in [1.29, 1.82) is 0 Å². The monoisotopic (exact) mass is 380 g/mol. The molecular formula is C18H32N6OS. The lowest BCUT2D eigenvalue weighted by atomic mass is 10.3. The van der Waals surface area contributed by atoms with Crippen LogP contribution in [0.1, 0.15) is 25.5 Å². The van der Waals surface area contributed by atoms with Gasteiger partial charge in [-0.3, -0.25) is 9.89 Å². The third-order valence-electron chi connectivity index (χ3n) is 4.72. The first kappa shape index (κ1) is 19.4. The molecule has 3 rings (SSSR count). The van der Waals surface area contributed by atoms with E-state index in [1.54, 1.807) is 11.3 Å². The second-order valence-electron chi connectivity index (χ2n) is 6.71. The maximum Gasteiger partial charge on any atom is 0.191 e. The number of thiazole rings is 1. The van der Waals surface area contributed by atoms with Crippen LogP contribution in [0.2, 0.25) is 0 Å². The van der Waals surface area contributed by atoms with E-state index in [0.717, 1.165) is 78.0 Å². The van der Waals surface area contributed by atoms with Crippen molar-refractivity contribution in [3.63, 3.8) is 0 Å². The van der Waals surface area contributed by atoms with Gasteiger partial charge < -0.3 is 20.3 Å². The summed E-state index contributed by atoms with van der Waals surface area (Å²) in [5.41, 5.74) is 1.17. The fourth-order valence-electron chi connectivity index (χ4n) is 3.24. The maximum absolute atomic E-state index is 5.38. The first-order chi connectivity index (χ1) is 12.8. The molecule has 1 aromatic rings. The molecule has 1 aromatic heterocycles. The van der Waals surface area contributed by atoms with Crippen molar-refractivity contribution >= 4 is 22.4 Å². The van der Waals surface area contributed by atoms with Crippen LogP contribution in [0.25, 0.3) is 0 Å². The van der Waals surface area contributed by atoms with Crippen molar-refractivity contribution in [3.05, 3.63) is 11.1 Å². The largest absolute Gasteiger partial charge is 0.379 e. The standard InChI is InChI=1S/C18H32N6OS/c1-2-19-17(21-7-10-23-11-13-25-14-12-23)20-6-5-16-15-26-18(22-16)24-8-3-4-9-24/h15H,2-14H2,1H3,(H2,19,20,21). The Balaban J connectivity index is 1.39. The third kappa shape index (κ3) is 6.10. The molecule has 0 amide bonds. The van der Waals surface area contributed by atoms with Gasteiger partial charge in [0.2, 0.25) is 0 Å². The van der Waals surface area contributed by atoms with Crippen LogP contribution in [0.3, 0.4) is 0 Å². The first-order valence-corrected chi connectivity index (χ1v) is 10.7. The van der Waals surface area contributed by atoms with Crippen molar-refractivity contribution in [2.75, 3.05) is 70.5 Å². The summed E-state index contributed by atoms with van der Waals surface area (Å²) in [7, 11) is 0. The van der Waals surface area contributed by atoms with Gasteiger partial charge in [0.05, 0.1) is 25.5 Å². The molecule has 2 aliphatic rings. The van der Waals surface area contributed by atoms with Gasteiger partial charge in [0.15, 0.2) is 11.1 Å². The molecule has 2 aliphatic heterocycles. The van der Waals surface area contributed by atoms with Gasteiger partial charge in [-0.2, -0.15) is 0 Å². The summed E-state index contributed by atoms with van der Waals surface area (Å²) in [6.07, 6.45) is 3.52. The van der Waals surface area contributed by atoms with Crippen molar-refractivity contribution in [3.8, 4) is 0 Å². The van der Waals surface area contributed by atoms with Gasteiger partial charge in [-0.15, -0.1) is 11.3 Å². The molecule has 0 aliphatic carbocycles. The molecule has 2 N–H and O–H groups in total. The topological polar surface area (TPSA) is 65.0 Å². The van der Waals surface area contributed by atoms with E-state index < -0.39 is 0 Å². The minimum Gasteiger partial charge on any atom is -0.379 e. The highest BCUT2D eigenvalue weighted by atomic mass is 32.1. The summed E-state index contributed by atoms with van der Waals surface area (Å²) in [4.78, 5) is 14.3. The molecule has 2 saturated heterocycles. The smallest absolute Gasteiger partial charge is 0.191 e. The molecular weight excluding hydrogens is 348 g/mol. The Kier molecular flexibility index (Phi) is 7.97. The van der Waals surface area contributed by atoms with Crippen molar-refractivity contribution in [1.82, 2.24) is 20.5 Å². The number of anilines is 1. The highest BCUT2D eigenvalue weighted by Gasteiger charge is 2.15. The normalized spacial score (nSPS) is 19.1. The Hall–Kier alpha value is -1.38. The SMILES string of the molecule is CCNC(=NCCN1CCOCC1)NCCc1csc(N2CCCC2)n1. The molecule has 0 atom stereocenters. The third-order valence-corrected chi connectivity index (χ3v) is 5.67. The van der Waals surface area contributed by atoms with Crippen molar-refractivity contribution in [2.24, 2.45) is 4.99 Å². The van der Waals surface area contributed by atoms with Crippen LogP contribution in [-0.2, 0) is 11.2 Å². The lowest BCUT2D eigenvalue weighted by Gasteiger charge is -2.25. The van der Waals surface area contributed by atoms with Gasteiger partial charge in [-0.05, 0) is 19.8 Å². The summed E-state index contributed by atoms with van der Waals surface area (Å²) in [6, 6.07) is 0. The summed E-state index contributed by atoms with van der Waals surface area (Å²) >= 11 is 1.77. The van der Waals surface area contributed by atoms with Gasteiger partial charge in [0.1, 0.15) is 0 Å². The number of aliphatic imine (C=N–C) groups is 1. The maximum atomic E-state index is 5.38. The zero-order valence-electron chi connectivity index (χ0n) is 15.9. The van der Waals surface area contributed by atoms with E-state index in [-0.39, 0.29) is 0 Å². The predicted octanol–water partition coefficient (Wildman–Crippen LogP) is 1.17. The van der Waals surface area contributed by atoms with E-state index >= 15 is 0 Å². The van der Waals surface area contributed by atoms with Crippen molar-refractivity contribution in [2.45, 2.75) is 26.2 Å². The number of morpholine rings is 1. The Labute approximate surface area is 160 Å². The highest BCUT2D eigenvalue weighted by Crippen LogP contribution is 2.24. The molecule has 7 nitrogen and oxygen atoms in total. The lowest BCUT2D eigenvalue weighted by molar-refractivity contribution is 0.0394. The number of guanidine groups is 1. The van der Waals surface area contributed by atoms with E-state index in [2.05, 4.69) is 32.7 Å². The summed E-state index contributed by atoms with van der Waals surface area (Å²) in [5, 5.41) is 10.1. The Bertz CT molecular complexity index is 552. The fraction of sp³-hybridized carbons (Fsp3) is 0.778. The minimum absolute atomic E-state index is 0.811. The van der Waals surface area contributed by atoms with Gasteiger partial charge in [0.25, 0.3) is 0 Å². The number of rotatable bonds is 8. The summed E-state index contributed by atoms with van der Waals surface area (Å²) in [6.45, 7) is 11.7. The van der Waals surface area contributed by atoms with Gasteiger partial charge in [0, 0.05) is 57.6 Å². The zero-order valence-corrected chi connectivity index (χ0v) is 16.7. The average Bonchev–Trinajstić information content (AvgIpc) is 3.34. The molecule has 0 spiro atoms. The number of hydrogen-bond acceptors (Lipinski definition) is 6. The number of nitrogens with one attached hydrogen (secondary N) is 2. The Morgan fingerprint density at radius 3 is 2.81 bits per heavy atom. The first-order valence-electron chi connectivity index (χ1n) is 9.87. The Morgan fingerprint density at radius 1 is 1.23 bits per heavy atom. The Morgan fingerprint density at radius 2 is 2.04 bits per heavy atom. The quantitative estimate of drug-likeness (QED) is 0.521. The van der Waals surface area contributed by atoms with Crippen LogP contribution >= 0.6 is 11.3 Å². The molecule has 0 bridgehead atoms. The van der Waals surface area contributed by atoms with Gasteiger partial charge in [-0.25, -0.2) is 4.98 Å². The van der Waals surface area contributed by atoms with E-state index in [1.807, 2.05) is 0 Å². The number of ether oxygens (including phenoxy) is 1. The fourth-order valence-corrected chi connectivity index (χ4v) is 4.16. The van der Waals surface area contributed by atoms with Crippen molar-refractivity contribution < 1.29 is 4.74 Å². The van der Waals surface area contributed by atoms with E-state index in [1.165, 1.54) is 23.7 Å². The van der Waals surface area contributed by atoms with Crippen LogP contribution in [0.4, 0.5) is 5.13 Å².